The molecule has 0 amide bonds. The van der Waals surface area contributed by atoms with Gasteiger partial charge in [-0.15, -0.1) is 0 Å². The molecule has 0 spiro atoms. The SMILES string of the molecule is [Cl-].[Mn+3].[O-]c1ccc(F)cc1C=NCCCNCCNCCCN=Cc1cc(F)ccc1[O-]. The summed E-state index contributed by atoms with van der Waals surface area (Å²) in [6, 6.07) is 7.05. The van der Waals surface area contributed by atoms with Crippen LogP contribution in [0.25, 0.3) is 0 Å². The topological polar surface area (TPSA) is 94.9 Å². The van der Waals surface area contributed by atoms with Gasteiger partial charge >= 0.3 is 17.1 Å². The van der Waals surface area contributed by atoms with Gasteiger partial charge in [-0.05, 0) is 61.3 Å². The Hall–Kier alpha value is -2.03. The molecular weight excluding hydrogens is 481 g/mol. The Labute approximate surface area is 204 Å². The van der Waals surface area contributed by atoms with Crippen LogP contribution >= 0.6 is 0 Å². The van der Waals surface area contributed by atoms with Crippen molar-refractivity contribution in [3.8, 4) is 11.5 Å². The maximum absolute atomic E-state index is 13.1. The molecule has 2 rings (SSSR count). The van der Waals surface area contributed by atoms with Crippen LogP contribution in [0.5, 0.6) is 11.5 Å². The fourth-order valence-corrected chi connectivity index (χ4v) is 2.58. The molecule has 0 aliphatic carbocycles. The third-order valence-electron chi connectivity index (χ3n) is 4.16. The van der Waals surface area contributed by atoms with Gasteiger partial charge in [-0.1, -0.05) is 23.6 Å². The first-order valence-electron chi connectivity index (χ1n) is 9.90. The number of nitrogens with one attached hydrogen (secondary N) is 2. The quantitative estimate of drug-likeness (QED) is 0.199. The van der Waals surface area contributed by atoms with Crippen LogP contribution in [-0.4, -0.2) is 51.7 Å². The van der Waals surface area contributed by atoms with Gasteiger partial charge in [0.2, 0.25) is 0 Å². The van der Waals surface area contributed by atoms with E-state index in [0.29, 0.717) is 13.1 Å². The second-order valence-corrected chi connectivity index (χ2v) is 6.64. The number of halogens is 3. The minimum absolute atomic E-state index is 0. The first kappa shape index (κ1) is 30.0. The molecule has 0 aromatic heterocycles. The molecule has 0 saturated carbocycles. The maximum atomic E-state index is 13.1. The molecule has 10 heteroatoms. The van der Waals surface area contributed by atoms with Crippen molar-refractivity contribution in [2.45, 2.75) is 12.8 Å². The number of benzene rings is 2. The van der Waals surface area contributed by atoms with Crippen molar-refractivity contribution in [3.63, 3.8) is 0 Å². The molecule has 0 saturated heterocycles. The largest absolute Gasteiger partial charge is 3.00 e. The molecule has 0 heterocycles. The van der Waals surface area contributed by atoms with E-state index in [1.165, 1.54) is 36.7 Å². The van der Waals surface area contributed by atoms with Gasteiger partial charge in [0.15, 0.2) is 0 Å². The standard InChI is InChI=1S/C22H28F2N4O2.ClH.Mn/c23-19-3-5-21(29)17(13-19)15-27-9-1-7-25-11-12-26-8-2-10-28-16-18-14-20(24)4-6-22(18)30;;/h3-6,13-16,25-26,29-30H,1-2,7-12H2;1H;/q;;+3/p-3. The Balaban J connectivity index is 0.00000480. The Kier molecular flexibility index (Phi) is 16.4. The van der Waals surface area contributed by atoms with E-state index in [9.17, 15) is 19.0 Å². The molecule has 2 aromatic rings. The number of rotatable bonds is 13. The minimum Gasteiger partial charge on any atom is -1.00 e. The van der Waals surface area contributed by atoms with Gasteiger partial charge < -0.3 is 33.3 Å². The third kappa shape index (κ3) is 12.1. The Morgan fingerprint density at radius 3 is 1.53 bits per heavy atom. The van der Waals surface area contributed by atoms with Crippen molar-refractivity contribution in [1.82, 2.24) is 10.6 Å². The van der Waals surface area contributed by atoms with Gasteiger partial charge in [-0.2, -0.15) is 0 Å². The predicted molar refractivity (Wildman–Crippen MR) is 112 cm³/mol. The summed E-state index contributed by atoms with van der Waals surface area (Å²) in [7, 11) is 0. The van der Waals surface area contributed by atoms with Crippen LogP contribution in [-0.2, 0) is 17.1 Å². The maximum Gasteiger partial charge on any atom is 3.00 e. The van der Waals surface area contributed by atoms with Crippen molar-refractivity contribution < 1.29 is 48.5 Å². The monoisotopic (exact) mass is 506 g/mol. The Morgan fingerprint density at radius 2 is 1.12 bits per heavy atom. The average Bonchev–Trinajstić information content (AvgIpc) is 2.73. The number of nitrogens with zero attached hydrogens (tertiary/aromatic N) is 2. The van der Waals surface area contributed by atoms with Crippen LogP contribution in [0, 0.1) is 11.6 Å². The van der Waals surface area contributed by atoms with E-state index in [1.807, 2.05) is 0 Å². The number of hydrogen-bond donors (Lipinski definition) is 2. The normalized spacial score (nSPS) is 10.9. The van der Waals surface area contributed by atoms with Gasteiger partial charge in [0.1, 0.15) is 11.6 Å². The summed E-state index contributed by atoms with van der Waals surface area (Å²) in [4.78, 5) is 8.30. The van der Waals surface area contributed by atoms with Gasteiger partial charge in [-0.3, -0.25) is 9.98 Å². The summed E-state index contributed by atoms with van der Waals surface area (Å²) >= 11 is 0. The molecule has 0 aliphatic heterocycles. The van der Waals surface area contributed by atoms with E-state index >= 15 is 0 Å². The van der Waals surface area contributed by atoms with Crippen molar-refractivity contribution in [1.29, 1.82) is 0 Å². The van der Waals surface area contributed by atoms with Crippen LogP contribution in [0.3, 0.4) is 0 Å². The summed E-state index contributed by atoms with van der Waals surface area (Å²) < 4.78 is 26.1. The summed E-state index contributed by atoms with van der Waals surface area (Å²) in [6.45, 7) is 4.33. The summed E-state index contributed by atoms with van der Waals surface area (Å²) in [5.74, 6) is -1.36. The van der Waals surface area contributed by atoms with Crippen LogP contribution in [0.15, 0.2) is 46.4 Å². The first-order chi connectivity index (χ1) is 14.6. The van der Waals surface area contributed by atoms with Gasteiger partial charge in [-0.25, -0.2) is 8.78 Å². The second-order valence-electron chi connectivity index (χ2n) is 6.64. The molecule has 6 nitrogen and oxygen atoms in total. The van der Waals surface area contributed by atoms with Crippen LogP contribution in [0.1, 0.15) is 24.0 Å². The fourth-order valence-electron chi connectivity index (χ4n) is 2.58. The van der Waals surface area contributed by atoms with E-state index in [4.69, 9.17) is 0 Å². The average molecular weight is 507 g/mol. The van der Waals surface area contributed by atoms with Crippen LogP contribution in [0.4, 0.5) is 8.78 Å². The molecule has 0 fully saturated rings. The van der Waals surface area contributed by atoms with Crippen molar-refractivity contribution in [3.05, 3.63) is 59.2 Å². The van der Waals surface area contributed by atoms with Crippen LogP contribution in [0.2, 0.25) is 0 Å². The molecule has 2 N–H and O–H groups in total. The van der Waals surface area contributed by atoms with Crippen molar-refractivity contribution in [2.75, 3.05) is 39.3 Å². The summed E-state index contributed by atoms with van der Waals surface area (Å²) in [5, 5.41) is 29.6. The zero-order chi connectivity index (χ0) is 21.6. The van der Waals surface area contributed by atoms with Gasteiger partial charge in [0.25, 0.3) is 0 Å². The fraction of sp³-hybridized carbons (Fsp3) is 0.364. The summed E-state index contributed by atoms with van der Waals surface area (Å²) in [6.07, 6.45) is 4.47. The smallest absolute Gasteiger partial charge is 1.00 e. The van der Waals surface area contributed by atoms with Gasteiger partial charge in [0, 0.05) is 38.6 Å². The molecule has 0 radical (unpaired) electrons. The zero-order valence-electron chi connectivity index (χ0n) is 17.5. The Bertz CT molecular complexity index is 787. The van der Waals surface area contributed by atoms with E-state index in [0.717, 1.165) is 51.2 Å². The van der Waals surface area contributed by atoms with E-state index in [-0.39, 0.29) is 52.1 Å². The molecule has 32 heavy (non-hydrogen) atoms. The minimum atomic E-state index is -0.444. The van der Waals surface area contributed by atoms with E-state index in [1.54, 1.807) is 0 Å². The molecular formula is C22H26ClF2MnN4O2. The van der Waals surface area contributed by atoms with Crippen LogP contribution < -0.4 is 33.3 Å². The molecule has 0 unspecified atom stereocenters. The first-order valence-corrected chi connectivity index (χ1v) is 9.90. The Morgan fingerprint density at radius 1 is 0.719 bits per heavy atom. The third-order valence-corrected chi connectivity index (χ3v) is 4.16. The molecule has 0 atom stereocenters. The number of hydrogen-bond acceptors (Lipinski definition) is 6. The summed E-state index contributed by atoms with van der Waals surface area (Å²) in [5.41, 5.74) is 0.529. The van der Waals surface area contributed by atoms with Gasteiger partial charge in [0.05, 0.1) is 0 Å². The zero-order valence-corrected chi connectivity index (χ0v) is 19.4. The number of aliphatic imine (C=N–C) groups is 2. The van der Waals surface area contributed by atoms with Crippen molar-refractivity contribution >= 4 is 12.4 Å². The van der Waals surface area contributed by atoms with E-state index < -0.39 is 11.6 Å². The van der Waals surface area contributed by atoms with E-state index in [2.05, 4.69) is 20.6 Å². The predicted octanol–water partition coefficient (Wildman–Crippen LogP) is -1.39. The molecule has 0 bridgehead atoms. The van der Waals surface area contributed by atoms with Crippen molar-refractivity contribution in [2.24, 2.45) is 9.98 Å². The second kappa shape index (κ2) is 17.5. The molecule has 174 valence electrons. The molecule has 0 aliphatic rings. The molecule has 2 aromatic carbocycles.